The van der Waals surface area contributed by atoms with E-state index in [2.05, 4.69) is 21.6 Å². The van der Waals surface area contributed by atoms with E-state index in [1.807, 2.05) is 48.6 Å². The van der Waals surface area contributed by atoms with E-state index in [9.17, 15) is 0 Å². The molecule has 3 rings (SSSR count). The standard InChI is InChI=1S/C14H11N3/c1-2-6-12-11(5-1)8-9-14(17-16-12)13-7-3-4-10-15-13/h1-10,16H. The molecule has 17 heavy (non-hydrogen) atoms. The Labute approximate surface area is 99.5 Å². The van der Waals surface area contributed by atoms with E-state index in [0.29, 0.717) is 0 Å². The van der Waals surface area contributed by atoms with Crippen molar-refractivity contribution in [3.05, 3.63) is 66.0 Å². The van der Waals surface area contributed by atoms with Crippen molar-refractivity contribution < 1.29 is 0 Å². The Morgan fingerprint density at radius 3 is 2.65 bits per heavy atom. The number of hydrogen-bond acceptors (Lipinski definition) is 3. The molecule has 1 aromatic heterocycles. The van der Waals surface area contributed by atoms with Gasteiger partial charge in [-0.15, -0.1) is 0 Å². The van der Waals surface area contributed by atoms with Crippen LogP contribution in [0, 0.1) is 0 Å². The van der Waals surface area contributed by atoms with E-state index in [1.165, 1.54) is 0 Å². The van der Waals surface area contributed by atoms with E-state index in [-0.39, 0.29) is 0 Å². The normalized spacial score (nSPS) is 13.3. The third-order valence-electron chi connectivity index (χ3n) is 2.61. The highest BCUT2D eigenvalue weighted by Crippen LogP contribution is 2.19. The first-order chi connectivity index (χ1) is 8.43. The maximum atomic E-state index is 4.35. The fourth-order valence-corrected chi connectivity index (χ4v) is 1.73. The summed E-state index contributed by atoms with van der Waals surface area (Å²) in [5, 5.41) is 4.35. The Balaban J connectivity index is 2.00. The molecule has 0 saturated heterocycles. The van der Waals surface area contributed by atoms with E-state index >= 15 is 0 Å². The average Bonchev–Trinajstić information content (AvgIpc) is 2.62. The zero-order valence-electron chi connectivity index (χ0n) is 9.17. The molecule has 0 radical (unpaired) electrons. The van der Waals surface area contributed by atoms with Crippen LogP contribution in [-0.4, -0.2) is 10.7 Å². The van der Waals surface area contributed by atoms with Gasteiger partial charge in [-0.25, -0.2) is 0 Å². The Morgan fingerprint density at radius 2 is 1.76 bits per heavy atom. The molecule has 0 aliphatic carbocycles. The van der Waals surface area contributed by atoms with E-state index in [1.54, 1.807) is 6.20 Å². The zero-order valence-corrected chi connectivity index (χ0v) is 9.17. The zero-order chi connectivity index (χ0) is 11.5. The molecule has 0 spiro atoms. The predicted molar refractivity (Wildman–Crippen MR) is 69.9 cm³/mol. The molecule has 0 bridgehead atoms. The number of nitrogens with zero attached hydrogens (tertiary/aromatic N) is 2. The minimum Gasteiger partial charge on any atom is -0.277 e. The second kappa shape index (κ2) is 4.22. The minimum atomic E-state index is 0.835. The summed E-state index contributed by atoms with van der Waals surface area (Å²) in [5.74, 6) is 0. The molecule has 0 fully saturated rings. The van der Waals surface area contributed by atoms with Gasteiger partial charge >= 0.3 is 0 Å². The molecule has 2 heterocycles. The number of anilines is 1. The van der Waals surface area contributed by atoms with Crippen molar-refractivity contribution in [2.45, 2.75) is 0 Å². The minimum absolute atomic E-state index is 0.835. The van der Waals surface area contributed by atoms with Crippen LogP contribution in [0.3, 0.4) is 0 Å². The topological polar surface area (TPSA) is 37.3 Å². The molecule has 82 valence electrons. The lowest BCUT2D eigenvalue weighted by molar-refractivity contribution is 1.26. The van der Waals surface area contributed by atoms with Crippen molar-refractivity contribution in [2.75, 3.05) is 5.43 Å². The van der Waals surface area contributed by atoms with Gasteiger partial charge in [-0.2, -0.15) is 5.10 Å². The first-order valence-electron chi connectivity index (χ1n) is 5.46. The third-order valence-corrected chi connectivity index (χ3v) is 2.61. The van der Waals surface area contributed by atoms with Crippen molar-refractivity contribution in [3.8, 4) is 0 Å². The molecule has 1 N–H and O–H groups in total. The highest BCUT2D eigenvalue weighted by atomic mass is 15.3. The van der Waals surface area contributed by atoms with Gasteiger partial charge in [0.2, 0.25) is 0 Å². The summed E-state index contributed by atoms with van der Waals surface area (Å²) in [5.41, 5.74) is 6.89. The van der Waals surface area contributed by atoms with Crippen LogP contribution in [-0.2, 0) is 0 Å². The van der Waals surface area contributed by atoms with E-state index in [0.717, 1.165) is 22.7 Å². The first-order valence-corrected chi connectivity index (χ1v) is 5.46. The van der Waals surface area contributed by atoms with Crippen molar-refractivity contribution in [1.29, 1.82) is 0 Å². The summed E-state index contributed by atoms with van der Waals surface area (Å²) in [4.78, 5) is 4.28. The van der Waals surface area contributed by atoms with Crippen LogP contribution in [0.2, 0.25) is 0 Å². The molecule has 1 aromatic carbocycles. The molecule has 0 amide bonds. The third kappa shape index (κ3) is 1.95. The largest absolute Gasteiger partial charge is 0.277 e. The number of fused-ring (bicyclic) bond motifs is 1. The number of hydrogen-bond donors (Lipinski definition) is 1. The van der Waals surface area contributed by atoms with Crippen LogP contribution in [0.5, 0.6) is 0 Å². The molecule has 0 saturated carbocycles. The summed E-state index contributed by atoms with van der Waals surface area (Å²) in [6, 6.07) is 13.8. The molecule has 0 unspecified atom stereocenters. The van der Waals surface area contributed by atoms with Gasteiger partial charge in [0.05, 0.1) is 11.4 Å². The highest BCUT2D eigenvalue weighted by molar-refractivity contribution is 6.10. The predicted octanol–water partition coefficient (Wildman–Crippen LogP) is 2.92. The molecular weight excluding hydrogens is 210 g/mol. The van der Waals surface area contributed by atoms with Gasteiger partial charge in [-0.1, -0.05) is 30.3 Å². The Hall–Kier alpha value is -2.42. The Morgan fingerprint density at radius 1 is 0.882 bits per heavy atom. The number of aromatic nitrogens is 1. The quantitative estimate of drug-likeness (QED) is 0.803. The number of pyridine rings is 1. The number of nitrogens with one attached hydrogen (secondary N) is 1. The van der Waals surface area contributed by atoms with Crippen molar-refractivity contribution in [2.24, 2.45) is 5.10 Å². The van der Waals surface area contributed by atoms with Gasteiger partial charge in [-0.3, -0.25) is 10.4 Å². The summed E-state index contributed by atoms with van der Waals surface area (Å²) < 4.78 is 0. The van der Waals surface area contributed by atoms with Gasteiger partial charge < -0.3 is 0 Å². The monoisotopic (exact) mass is 221 g/mol. The van der Waals surface area contributed by atoms with Crippen LogP contribution >= 0.6 is 0 Å². The number of para-hydroxylation sites is 1. The Bertz CT molecular complexity index is 585. The molecule has 2 aromatic rings. The van der Waals surface area contributed by atoms with Crippen molar-refractivity contribution in [3.63, 3.8) is 0 Å². The number of allylic oxidation sites excluding steroid dienone is 1. The molecule has 1 aliphatic heterocycles. The fourth-order valence-electron chi connectivity index (χ4n) is 1.73. The average molecular weight is 221 g/mol. The Kier molecular flexibility index (Phi) is 2.43. The lowest BCUT2D eigenvalue weighted by atomic mass is 10.1. The van der Waals surface area contributed by atoms with Gasteiger partial charge in [0.15, 0.2) is 0 Å². The second-order valence-corrected chi connectivity index (χ2v) is 3.74. The van der Waals surface area contributed by atoms with E-state index in [4.69, 9.17) is 0 Å². The smallest absolute Gasteiger partial charge is 0.109 e. The van der Waals surface area contributed by atoms with Crippen LogP contribution in [0.25, 0.3) is 6.08 Å². The van der Waals surface area contributed by atoms with Crippen LogP contribution < -0.4 is 5.43 Å². The number of benzene rings is 1. The first kappa shape index (κ1) is 9.78. The van der Waals surface area contributed by atoms with Gasteiger partial charge in [0.25, 0.3) is 0 Å². The van der Waals surface area contributed by atoms with Crippen molar-refractivity contribution in [1.82, 2.24) is 4.98 Å². The number of rotatable bonds is 1. The molecular formula is C14H11N3. The van der Waals surface area contributed by atoms with Gasteiger partial charge in [-0.05, 0) is 29.8 Å². The SMILES string of the molecule is C1=Cc2ccccc2NN=C1c1ccccn1. The molecule has 0 atom stereocenters. The molecule has 3 nitrogen and oxygen atoms in total. The van der Waals surface area contributed by atoms with Gasteiger partial charge in [0.1, 0.15) is 5.71 Å². The fraction of sp³-hybridized carbons (Fsp3) is 0. The second-order valence-electron chi connectivity index (χ2n) is 3.74. The van der Waals surface area contributed by atoms with Crippen LogP contribution in [0.4, 0.5) is 5.69 Å². The molecule has 1 aliphatic rings. The summed E-state index contributed by atoms with van der Waals surface area (Å²) in [6.07, 6.45) is 5.79. The van der Waals surface area contributed by atoms with E-state index < -0.39 is 0 Å². The number of hydrazone groups is 1. The maximum Gasteiger partial charge on any atom is 0.109 e. The summed E-state index contributed by atoms with van der Waals surface area (Å²) in [7, 11) is 0. The van der Waals surface area contributed by atoms with Crippen LogP contribution in [0.15, 0.2) is 59.8 Å². The summed E-state index contributed by atoms with van der Waals surface area (Å²) >= 11 is 0. The van der Waals surface area contributed by atoms with Crippen LogP contribution in [0.1, 0.15) is 11.3 Å². The van der Waals surface area contributed by atoms with Crippen molar-refractivity contribution >= 4 is 17.5 Å². The summed E-state index contributed by atoms with van der Waals surface area (Å²) in [6.45, 7) is 0. The molecule has 3 heteroatoms. The maximum absolute atomic E-state index is 4.35. The lowest BCUT2D eigenvalue weighted by Crippen LogP contribution is -2.01. The van der Waals surface area contributed by atoms with Gasteiger partial charge in [0, 0.05) is 6.20 Å². The highest BCUT2D eigenvalue weighted by Gasteiger charge is 2.06. The lowest BCUT2D eigenvalue weighted by Gasteiger charge is -2.02.